The molecule has 0 saturated carbocycles. The second-order valence-corrected chi connectivity index (χ2v) is 7.22. The molecule has 3 N–H and O–H groups in total. The molecule has 170 valence electrons. The summed E-state index contributed by atoms with van der Waals surface area (Å²) in [7, 11) is 0. The number of rotatable bonds is 13. The molecule has 0 bridgehead atoms. The van der Waals surface area contributed by atoms with Gasteiger partial charge in [0.25, 0.3) is 5.91 Å². The van der Waals surface area contributed by atoms with Crippen LogP contribution in [0.2, 0.25) is 0 Å². The molecule has 2 aliphatic heterocycles. The van der Waals surface area contributed by atoms with Crippen LogP contribution in [0.3, 0.4) is 0 Å². The van der Waals surface area contributed by atoms with E-state index in [0.29, 0.717) is 64.7 Å². The van der Waals surface area contributed by atoms with Gasteiger partial charge in [0.1, 0.15) is 6.04 Å². The van der Waals surface area contributed by atoms with Gasteiger partial charge < -0.3 is 29.5 Å². The lowest BCUT2D eigenvalue weighted by atomic mass is 10.0. The molecule has 31 heavy (non-hydrogen) atoms. The Labute approximate surface area is 180 Å². The Morgan fingerprint density at radius 2 is 1.74 bits per heavy atom. The molecule has 0 aliphatic carbocycles. The van der Waals surface area contributed by atoms with Crippen LogP contribution in [-0.2, 0) is 30.3 Å². The van der Waals surface area contributed by atoms with Crippen LogP contribution in [0.4, 0.5) is 5.69 Å². The Bertz CT molecular complexity index is 786. The van der Waals surface area contributed by atoms with Gasteiger partial charge in [-0.05, 0) is 18.6 Å². The van der Waals surface area contributed by atoms with Crippen molar-refractivity contribution in [1.29, 1.82) is 0 Å². The minimum absolute atomic E-state index is 0.00382. The maximum absolute atomic E-state index is 12.8. The van der Waals surface area contributed by atoms with Crippen molar-refractivity contribution in [2.24, 2.45) is 0 Å². The Hall–Kier alpha value is -2.53. The maximum Gasteiger partial charge on any atom is 0.255 e. The van der Waals surface area contributed by atoms with E-state index in [4.69, 9.17) is 19.3 Å². The first kappa shape index (κ1) is 23.1. The number of aliphatic hydroxyl groups is 1. The molecule has 1 unspecified atom stereocenters. The van der Waals surface area contributed by atoms with E-state index in [9.17, 15) is 14.4 Å². The summed E-state index contributed by atoms with van der Waals surface area (Å²) in [6.45, 7) is 3.48. The molecule has 3 amide bonds. The summed E-state index contributed by atoms with van der Waals surface area (Å²) in [5, 5.41) is 14.2. The van der Waals surface area contributed by atoms with Gasteiger partial charge in [-0.1, -0.05) is 6.07 Å². The summed E-state index contributed by atoms with van der Waals surface area (Å²) in [6.07, 6.45) is 0.578. The van der Waals surface area contributed by atoms with Crippen LogP contribution in [0.15, 0.2) is 18.2 Å². The highest BCUT2D eigenvalue weighted by molar-refractivity contribution is 6.06. The summed E-state index contributed by atoms with van der Waals surface area (Å²) < 4.78 is 16.0. The molecule has 0 spiro atoms. The summed E-state index contributed by atoms with van der Waals surface area (Å²) in [6, 6.07) is 4.84. The van der Waals surface area contributed by atoms with Crippen molar-refractivity contribution < 1.29 is 33.7 Å². The topological polar surface area (TPSA) is 126 Å². The number of carbonyl (C=O) groups excluding carboxylic acids is 3. The number of hydrogen-bond acceptors (Lipinski definition) is 8. The van der Waals surface area contributed by atoms with E-state index >= 15 is 0 Å². The first-order valence-corrected chi connectivity index (χ1v) is 10.5. The van der Waals surface area contributed by atoms with Gasteiger partial charge in [-0.3, -0.25) is 19.7 Å². The maximum atomic E-state index is 12.8. The summed E-state index contributed by atoms with van der Waals surface area (Å²) in [5.74, 6) is -0.903. The van der Waals surface area contributed by atoms with Crippen LogP contribution in [0.25, 0.3) is 0 Å². The molecule has 10 heteroatoms. The predicted molar refractivity (Wildman–Crippen MR) is 111 cm³/mol. The van der Waals surface area contributed by atoms with Gasteiger partial charge >= 0.3 is 0 Å². The third-order valence-electron chi connectivity index (χ3n) is 5.12. The molecule has 1 aromatic carbocycles. The first-order valence-electron chi connectivity index (χ1n) is 10.5. The first-order chi connectivity index (χ1) is 15.1. The van der Waals surface area contributed by atoms with E-state index in [0.717, 1.165) is 11.3 Å². The quantitative estimate of drug-likeness (QED) is 0.290. The molecule has 1 saturated heterocycles. The van der Waals surface area contributed by atoms with Crippen LogP contribution in [0.5, 0.6) is 0 Å². The highest BCUT2D eigenvalue weighted by atomic mass is 16.5. The molecular formula is C21H29N3O7. The lowest BCUT2D eigenvalue weighted by Crippen LogP contribution is -2.52. The number of nitrogens with one attached hydrogen (secondary N) is 2. The van der Waals surface area contributed by atoms with Crippen LogP contribution in [-0.4, -0.2) is 86.6 Å². The smallest absolute Gasteiger partial charge is 0.255 e. The van der Waals surface area contributed by atoms with Gasteiger partial charge in [0, 0.05) is 36.3 Å². The van der Waals surface area contributed by atoms with Crippen molar-refractivity contribution in [1.82, 2.24) is 10.2 Å². The summed E-state index contributed by atoms with van der Waals surface area (Å²) >= 11 is 0. The fraction of sp³-hybridized carbons (Fsp3) is 0.571. The van der Waals surface area contributed by atoms with E-state index in [1.54, 1.807) is 12.1 Å². The third-order valence-corrected chi connectivity index (χ3v) is 5.12. The van der Waals surface area contributed by atoms with E-state index < -0.39 is 11.9 Å². The highest BCUT2D eigenvalue weighted by Gasteiger charge is 2.39. The molecule has 1 aromatic rings. The van der Waals surface area contributed by atoms with E-state index in [2.05, 4.69) is 10.6 Å². The van der Waals surface area contributed by atoms with Crippen LogP contribution < -0.4 is 10.6 Å². The predicted octanol–water partition coefficient (Wildman–Crippen LogP) is -0.0984. The van der Waals surface area contributed by atoms with Crippen molar-refractivity contribution in [3.8, 4) is 0 Å². The number of benzene rings is 1. The van der Waals surface area contributed by atoms with Gasteiger partial charge in [-0.2, -0.15) is 0 Å². The molecule has 0 radical (unpaired) electrons. The minimum Gasteiger partial charge on any atom is -0.394 e. The standard InChI is InChI=1S/C21H29N3O7/c25-7-9-30-11-13-31-12-10-29-8-6-22-17-3-1-2-15-16(17)14-24(21(15)28)18-4-5-19(26)23-20(18)27/h1-3,18,22,25H,4-14H2,(H,23,26,27). The van der Waals surface area contributed by atoms with E-state index in [1.807, 2.05) is 6.07 Å². The number of anilines is 1. The number of aliphatic hydroxyl groups excluding tert-OH is 1. The SMILES string of the molecule is O=C1CCC(N2Cc3c(NCCOCCOCCOCCO)cccc3C2=O)C(=O)N1. The number of imide groups is 1. The van der Waals surface area contributed by atoms with E-state index in [1.165, 1.54) is 4.90 Å². The normalized spacial score (nSPS) is 18.3. The fourth-order valence-corrected chi connectivity index (χ4v) is 3.62. The molecule has 0 aromatic heterocycles. The average Bonchev–Trinajstić information content (AvgIpc) is 3.09. The number of carbonyl (C=O) groups is 3. The molecule has 1 atom stereocenters. The van der Waals surface area contributed by atoms with Crippen molar-refractivity contribution >= 4 is 23.4 Å². The molecule has 3 rings (SSSR count). The van der Waals surface area contributed by atoms with Crippen molar-refractivity contribution in [2.45, 2.75) is 25.4 Å². The molecule has 10 nitrogen and oxygen atoms in total. The zero-order valence-electron chi connectivity index (χ0n) is 17.4. The van der Waals surface area contributed by atoms with Gasteiger partial charge in [-0.25, -0.2) is 0 Å². The monoisotopic (exact) mass is 435 g/mol. The fourth-order valence-electron chi connectivity index (χ4n) is 3.62. The zero-order chi connectivity index (χ0) is 22.1. The number of amides is 3. The van der Waals surface area contributed by atoms with Gasteiger partial charge in [0.15, 0.2) is 0 Å². The van der Waals surface area contributed by atoms with Crippen molar-refractivity contribution in [2.75, 3.05) is 58.1 Å². The van der Waals surface area contributed by atoms with Crippen molar-refractivity contribution in [3.05, 3.63) is 29.3 Å². The van der Waals surface area contributed by atoms with Crippen LogP contribution >= 0.6 is 0 Å². The highest BCUT2D eigenvalue weighted by Crippen LogP contribution is 2.32. The number of fused-ring (bicyclic) bond motifs is 1. The number of hydrogen-bond donors (Lipinski definition) is 3. The van der Waals surface area contributed by atoms with E-state index in [-0.39, 0.29) is 24.8 Å². The number of piperidine rings is 1. The Morgan fingerprint density at radius 1 is 1.03 bits per heavy atom. The second-order valence-electron chi connectivity index (χ2n) is 7.22. The lowest BCUT2D eigenvalue weighted by molar-refractivity contribution is -0.136. The van der Waals surface area contributed by atoms with Gasteiger partial charge in [0.2, 0.25) is 11.8 Å². The van der Waals surface area contributed by atoms with Crippen molar-refractivity contribution in [3.63, 3.8) is 0 Å². The number of nitrogens with zero attached hydrogens (tertiary/aromatic N) is 1. The third kappa shape index (κ3) is 6.23. The lowest BCUT2D eigenvalue weighted by Gasteiger charge is -2.29. The molecular weight excluding hydrogens is 406 g/mol. The number of ether oxygens (including phenoxy) is 3. The Kier molecular flexibility index (Phi) is 8.77. The van der Waals surface area contributed by atoms with Crippen LogP contribution in [0, 0.1) is 0 Å². The van der Waals surface area contributed by atoms with Crippen LogP contribution in [0.1, 0.15) is 28.8 Å². The average molecular weight is 435 g/mol. The Balaban J connectivity index is 1.40. The molecule has 2 heterocycles. The Morgan fingerprint density at radius 3 is 2.45 bits per heavy atom. The van der Waals surface area contributed by atoms with Gasteiger partial charge in [0.05, 0.1) is 46.2 Å². The largest absolute Gasteiger partial charge is 0.394 e. The molecule has 1 fully saturated rings. The molecule has 2 aliphatic rings. The summed E-state index contributed by atoms with van der Waals surface area (Å²) in [5.41, 5.74) is 2.26. The zero-order valence-corrected chi connectivity index (χ0v) is 17.4. The summed E-state index contributed by atoms with van der Waals surface area (Å²) in [4.78, 5) is 37.9. The minimum atomic E-state index is -0.622. The second kappa shape index (κ2) is 11.8. The van der Waals surface area contributed by atoms with Gasteiger partial charge in [-0.15, -0.1) is 0 Å².